The lowest BCUT2D eigenvalue weighted by atomic mass is 9.99. The van der Waals surface area contributed by atoms with Gasteiger partial charge in [0.25, 0.3) is 11.8 Å². The maximum atomic E-state index is 13.6. The first kappa shape index (κ1) is 25.0. The molecule has 38 heavy (non-hydrogen) atoms. The average Bonchev–Trinajstić information content (AvgIpc) is 2.97. The van der Waals surface area contributed by atoms with Crippen LogP contribution in [0.3, 0.4) is 0 Å². The minimum atomic E-state index is -0.213. The summed E-state index contributed by atoms with van der Waals surface area (Å²) in [6.45, 7) is 0.413. The van der Waals surface area contributed by atoms with Crippen molar-refractivity contribution in [1.29, 1.82) is 0 Å². The van der Waals surface area contributed by atoms with Gasteiger partial charge in [-0.3, -0.25) is 9.59 Å². The molecule has 0 aliphatic rings. The van der Waals surface area contributed by atoms with E-state index in [2.05, 4.69) is 5.32 Å². The predicted octanol–water partition coefficient (Wildman–Crippen LogP) is 8.11. The van der Waals surface area contributed by atoms with Gasteiger partial charge >= 0.3 is 0 Å². The Morgan fingerprint density at radius 3 is 1.95 bits per heavy atom. The van der Waals surface area contributed by atoms with Crippen LogP contribution >= 0.6 is 11.6 Å². The molecule has 0 atom stereocenters. The molecule has 0 aliphatic heterocycles. The van der Waals surface area contributed by atoms with Crippen molar-refractivity contribution < 1.29 is 9.59 Å². The highest BCUT2D eigenvalue weighted by atomic mass is 35.5. The number of nitrogens with zero attached hydrogens (tertiary/aromatic N) is 1. The highest BCUT2D eigenvalue weighted by Gasteiger charge is 2.19. The van der Waals surface area contributed by atoms with Gasteiger partial charge in [0.2, 0.25) is 0 Å². The fourth-order valence-electron chi connectivity index (χ4n) is 4.27. The minimum Gasteiger partial charge on any atom is -0.322 e. The van der Waals surface area contributed by atoms with Gasteiger partial charge in [-0.2, -0.15) is 0 Å². The zero-order valence-electron chi connectivity index (χ0n) is 20.6. The molecule has 0 bridgehead atoms. The van der Waals surface area contributed by atoms with Gasteiger partial charge in [0.15, 0.2) is 0 Å². The minimum absolute atomic E-state index is 0.150. The third-order valence-electron chi connectivity index (χ3n) is 6.21. The van der Waals surface area contributed by atoms with Crippen LogP contribution in [0.15, 0.2) is 133 Å². The average molecular weight is 517 g/mol. The Balaban J connectivity index is 1.36. The zero-order valence-corrected chi connectivity index (χ0v) is 21.3. The van der Waals surface area contributed by atoms with Crippen LogP contribution in [-0.4, -0.2) is 11.8 Å². The van der Waals surface area contributed by atoms with Crippen molar-refractivity contribution in [2.45, 2.75) is 6.54 Å². The molecular weight excluding hydrogens is 492 g/mol. The Labute approximate surface area is 227 Å². The van der Waals surface area contributed by atoms with Gasteiger partial charge in [-0.25, -0.2) is 0 Å². The maximum Gasteiger partial charge on any atom is 0.258 e. The SMILES string of the molecule is O=C(Nc1ccc(C(=O)N(Cc2ccccc2)c2ccc(Cl)cc2)cc1)c1ccccc1-c1ccccc1. The van der Waals surface area contributed by atoms with Crippen molar-refractivity contribution in [1.82, 2.24) is 0 Å². The molecule has 5 heteroatoms. The smallest absolute Gasteiger partial charge is 0.258 e. The molecule has 2 amide bonds. The molecule has 5 aromatic carbocycles. The fraction of sp³-hybridized carbons (Fsp3) is 0.0303. The molecular formula is C33H25ClN2O2. The highest BCUT2D eigenvalue weighted by Crippen LogP contribution is 2.26. The topological polar surface area (TPSA) is 49.4 Å². The van der Waals surface area contributed by atoms with E-state index >= 15 is 0 Å². The predicted molar refractivity (Wildman–Crippen MR) is 155 cm³/mol. The molecule has 4 nitrogen and oxygen atoms in total. The zero-order chi connectivity index (χ0) is 26.3. The molecule has 0 saturated carbocycles. The van der Waals surface area contributed by atoms with Gasteiger partial charge in [-0.15, -0.1) is 0 Å². The largest absolute Gasteiger partial charge is 0.322 e. The molecule has 186 valence electrons. The molecule has 0 aromatic heterocycles. The van der Waals surface area contributed by atoms with Gasteiger partial charge < -0.3 is 10.2 Å². The number of hydrogen-bond acceptors (Lipinski definition) is 2. The lowest BCUT2D eigenvalue weighted by Crippen LogP contribution is -2.30. The van der Waals surface area contributed by atoms with Crippen LogP contribution in [0.1, 0.15) is 26.3 Å². The fourth-order valence-corrected chi connectivity index (χ4v) is 4.39. The molecule has 1 N–H and O–H groups in total. The molecule has 0 heterocycles. The quantitative estimate of drug-likeness (QED) is 0.237. The van der Waals surface area contributed by atoms with E-state index in [4.69, 9.17) is 11.6 Å². The first-order chi connectivity index (χ1) is 18.6. The number of anilines is 2. The molecule has 0 unspecified atom stereocenters. The summed E-state index contributed by atoms with van der Waals surface area (Å²) in [5.41, 5.74) is 5.29. The van der Waals surface area contributed by atoms with E-state index in [1.54, 1.807) is 41.3 Å². The van der Waals surface area contributed by atoms with E-state index < -0.39 is 0 Å². The van der Waals surface area contributed by atoms with E-state index in [0.717, 1.165) is 22.4 Å². The molecule has 0 aliphatic carbocycles. The summed E-state index contributed by atoms with van der Waals surface area (Å²) in [6.07, 6.45) is 0. The number of rotatable bonds is 7. The molecule has 0 fully saturated rings. The number of carbonyl (C=O) groups excluding carboxylic acids is 2. The van der Waals surface area contributed by atoms with Crippen LogP contribution in [0.25, 0.3) is 11.1 Å². The van der Waals surface area contributed by atoms with Gasteiger partial charge in [-0.1, -0.05) is 90.5 Å². The van der Waals surface area contributed by atoms with Crippen LogP contribution in [-0.2, 0) is 6.54 Å². The summed E-state index contributed by atoms with van der Waals surface area (Å²) in [5.74, 6) is -0.362. The summed E-state index contributed by atoms with van der Waals surface area (Å²) in [4.78, 5) is 28.5. The van der Waals surface area contributed by atoms with Crippen molar-refractivity contribution in [3.05, 3.63) is 155 Å². The molecule has 0 saturated heterocycles. The lowest BCUT2D eigenvalue weighted by Gasteiger charge is -2.23. The van der Waals surface area contributed by atoms with Gasteiger partial charge in [0.05, 0.1) is 6.54 Å². The van der Waals surface area contributed by atoms with Crippen LogP contribution in [0.5, 0.6) is 0 Å². The van der Waals surface area contributed by atoms with Crippen LogP contribution in [0, 0.1) is 0 Å². The summed E-state index contributed by atoms with van der Waals surface area (Å²) in [5, 5.41) is 3.57. The van der Waals surface area contributed by atoms with Crippen molar-refractivity contribution in [3.8, 4) is 11.1 Å². The summed E-state index contributed by atoms with van der Waals surface area (Å²) in [7, 11) is 0. The Morgan fingerprint density at radius 2 is 1.26 bits per heavy atom. The standard InChI is InChI=1S/C33H25ClN2O2/c34-27-17-21-29(22-18-27)36(23-24-9-3-1-4-10-24)33(38)26-15-19-28(20-16-26)35-32(37)31-14-8-7-13-30(31)25-11-5-2-6-12-25/h1-22H,23H2,(H,35,37). The monoisotopic (exact) mass is 516 g/mol. The van der Waals surface area contributed by atoms with Gasteiger partial charge in [-0.05, 0) is 71.3 Å². The van der Waals surface area contributed by atoms with Crippen LogP contribution in [0.2, 0.25) is 5.02 Å². The van der Waals surface area contributed by atoms with Crippen molar-refractivity contribution in [3.63, 3.8) is 0 Å². The Morgan fingerprint density at radius 1 is 0.658 bits per heavy atom. The number of amides is 2. The normalized spacial score (nSPS) is 10.6. The van der Waals surface area contributed by atoms with Crippen molar-refractivity contribution in [2.75, 3.05) is 10.2 Å². The second kappa shape index (κ2) is 11.6. The summed E-state index contributed by atoms with van der Waals surface area (Å²) < 4.78 is 0. The second-order valence-corrected chi connectivity index (χ2v) is 9.23. The number of benzene rings is 5. The Kier molecular flexibility index (Phi) is 7.62. The van der Waals surface area contributed by atoms with Crippen molar-refractivity contribution >= 4 is 34.8 Å². The number of nitrogens with one attached hydrogen (secondary N) is 1. The summed E-state index contributed by atoms with van der Waals surface area (Å²) >= 11 is 6.08. The molecule has 0 radical (unpaired) electrons. The number of carbonyl (C=O) groups is 2. The molecule has 5 aromatic rings. The van der Waals surface area contributed by atoms with Gasteiger partial charge in [0, 0.05) is 27.5 Å². The highest BCUT2D eigenvalue weighted by molar-refractivity contribution is 6.30. The third kappa shape index (κ3) is 5.83. The molecule has 0 spiro atoms. The van der Waals surface area contributed by atoms with Crippen LogP contribution in [0.4, 0.5) is 11.4 Å². The second-order valence-electron chi connectivity index (χ2n) is 8.80. The Bertz CT molecular complexity index is 1530. The van der Waals surface area contributed by atoms with Gasteiger partial charge in [0.1, 0.15) is 0 Å². The van der Waals surface area contributed by atoms with E-state index in [0.29, 0.717) is 28.4 Å². The number of halogens is 1. The van der Waals surface area contributed by atoms with E-state index in [1.165, 1.54) is 0 Å². The maximum absolute atomic E-state index is 13.6. The Hall–Kier alpha value is -4.67. The first-order valence-electron chi connectivity index (χ1n) is 12.3. The third-order valence-corrected chi connectivity index (χ3v) is 6.47. The van der Waals surface area contributed by atoms with E-state index in [1.807, 2.05) is 97.1 Å². The lowest BCUT2D eigenvalue weighted by molar-refractivity contribution is 0.0984. The van der Waals surface area contributed by atoms with Crippen molar-refractivity contribution in [2.24, 2.45) is 0 Å². The summed E-state index contributed by atoms with van der Waals surface area (Å²) in [6, 6.07) is 41.3. The van der Waals surface area contributed by atoms with Crippen LogP contribution < -0.4 is 10.2 Å². The van der Waals surface area contributed by atoms with E-state index in [9.17, 15) is 9.59 Å². The first-order valence-corrected chi connectivity index (χ1v) is 12.6. The van der Waals surface area contributed by atoms with E-state index in [-0.39, 0.29) is 11.8 Å². The molecule has 5 rings (SSSR count). The number of hydrogen-bond donors (Lipinski definition) is 1.